The summed E-state index contributed by atoms with van der Waals surface area (Å²) < 4.78 is 280. The Morgan fingerprint density at radius 2 is 0.412 bits per heavy atom. The molecule has 0 aromatic heterocycles. The van der Waals surface area contributed by atoms with E-state index in [0.29, 0.717) is 18.2 Å². The molecule has 7 aromatic carbocycles. The van der Waals surface area contributed by atoms with Crippen LogP contribution in [-0.2, 0) is 30.6 Å². The molecule has 0 saturated carbocycles. The van der Waals surface area contributed by atoms with Gasteiger partial charge in [0.25, 0.3) is 35.4 Å². The molecule has 540 valence electrons. The van der Waals surface area contributed by atoms with Crippen LogP contribution in [0.4, 0.5) is 113 Å². The van der Waals surface area contributed by atoms with Gasteiger partial charge in [-0.3, -0.25) is 28.8 Å². The second-order valence-corrected chi connectivity index (χ2v) is 22.5. The molecule has 18 nitrogen and oxygen atoms in total. The van der Waals surface area contributed by atoms with Crippen LogP contribution in [0.5, 0.6) is 34.5 Å². The minimum Gasteiger partial charge on any atom is -0.506 e. The number of phenolic OH excluding ortho intramolecular Hbond substituents is 6. The number of halogens is 18. The number of amides is 6. The Morgan fingerprint density at radius 1 is 0.265 bits per heavy atom. The summed E-state index contributed by atoms with van der Waals surface area (Å²) in [5, 5.41) is 74.7. The minimum atomic E-state index is -6.53. The van der Waals surface area contributed by atoms with Crippen molar-refractivity contribution in [1.82, 2.24) is 0 Å². The van der Waals surface area contributed by atoms with Crippen molar-refractivity contribution < 1.29 is 138 Å². The van der Waals surface area contributed by atoms with Crippen molar-refractivity contribution in [3.05, 3.63) is 214 Å². The molecule has 7 aromatic rings. The number of hydrogen-bond acceptors (Lipinski definition) is 12. The summed E-state index contributed by atoms with van der Waals surface area (Å²) in [6, 6.07) is 2.59. The van der Waals surface area contributed by atoms with Gasteiger partial charge in [-0.05, 0) is 145 Å². The van der Waals surface area contributed by atoms with Crippen LogP contribution in [0.1, 0.15) is 85.2 Å². The number of hydrogen-bond donors (Lipinski definition) is 12. The fourth-order valence-electron chi connectivity index (χ4n) is 10.5. The van der Waals surface area contributed by atoms with Gasteiger partial charge >= 0.3 is 37.1 Å². The van der Waals surface area contributed by atoms with Gasteiger partial charge in [0.05, 0.1) is 34.1 Å². The molecule has 0 aliphatic carbocycles. The lowest BCUT2D eigenvalue weighted by atomic mass is 9.72. The molecule has 7 rings (SSSR count). The smallest absolute Gasteiger partial charge is 0.411 e. The molecule has 0 aliphatic heterocycles. The average molecular weight is 1460 g/mol. The number of benzene rings is 7. The fourth-order valence-corrected chi connectivity index (χ4v) is 10.5. The van der Waals surface area contributed by atoms with Crippen molar-refractivity contribution in [3.8, 4) is 34.5 Å². The van der Waals surface area contributed by atoms with E-state index in [0.717, 1.165) is 20.8 Å². The Morgan fingerprint density at radius 3 is 0.549 bits per heavy atom. The summed E-state index contributed by atoms with van der Waals surface area (Å²) in [5.74, 6) is -16.9. The lowest BCUT2D eigenvalue weighted by Gasteiger charge is -2.38. The quantitative estimate of drug-likeness (QED) is 0.0217. The summed E-state index contributed by atoms with van der Waals surface area (Å²) in [5.41, 5.74) is -39.3. The molecular weight excluding hydrogens is 1410 g/mol. The normalized spacial score (nSPS) is 12.6. The molecule has 0 unspecified atom stereocenters. The molecule has 102 heavy (non-hydrogen) atoms. The van der Waals surface area contributed by atoms with Gasteiger partial charge in [0.2, 0.25) is 16.2 Å². The summed E-state index contributed by atoms with van der Waals surface area (Å²) in [6.45, 7) is 13.0. The first kappa shape index (κ1) is 77.5. The van der Waals surface area contributed by atoms with Crippen molar-refractivity contribution in [3.63, 3.8) is 0 Å². The van der Waals surface area contributed by atoms with Crippen LogP contribution < -0.4 is 31.9 Å². The van der Waals surface area contributed by atoms with Crippen LogP contribution in [0, 0.1) is 0 Å². The van der Waals surface area contributed by atoms with Crippen molar-refractivity contribution in [2.45, 2.75) is 74.1 Å². The highest BCUT2D eigenvalue weighted by molar-refractivity contribution is 6.14. The SMILES string of the molecule is C=C(C)C(=O)Nc1cc(C(c2ccc(O)c(NC(=O)c3cc(C(=O)Nc4cc(C(c5ccc(O)c(NC(=O)C(=C)C)c5)(C(F)(F)F)C(F)(F)F)ccc4O)cc(C(=O)Nc4cc(C(c5ccc(O)c(NC(=O)C(=C)C)c5)(C(F)(F)F)C(F)(F)F)ccc4O)c3)c2)(C(F)(F)F)C(F)(F)F)ccc1O. The first-order chi connectivity index (χ1) is 46.8. The van der Waals surface area contributed by atoms with Crippen molar-refractivity contribution in [1.29, 1.82) is 0 Å². The molecule has 12 N–H and O–H groups in total. The standard InChI is InChI=1S/C66H48F18N6O12/c1-28(2)52(97)85-40-22-34(7-13-46(40)91)58(61(67,68)69,62(70,71)72)37-10-16-49(94)43(25-37)88-55(100)31-19-32(56(101)89-44-26-38(11-17-50(44)95)59(63(73,74)75,64(76,77)78)35-8-14-47(92)41(23-35)86-53(98)29(3)4)21-33(20-31)57(102)90-45-27-39(12-18-51(45)96)60(65(79,80)81,66(82,83)84)36-9-15-48(93)42(24-36)87-54(99)30(5)6/h7-27,91-96H,1,3,5H2,2,4,6H3,(H,85,97)(H,86,98)(H,87,99)(H,88,100)(H,89,101)(H,90,102). The topological polar surface area (TPSA) is 296 Å². The van der Waals surface area contributed by atoms with Crippen LogP contribution in [0.3, 0.4) is 0 Å². The van der Waals surface area contributed by atoms with Gasteiger partial charge in [0.1, 0.15) is 34.5 Å². The maximum Gasteiger partial charge on any atom is 0.411 e. The van der Waals surface area contributed by atoms with Gasteiger partial charge in [0.15, 0.2) is 0 Å². The number of anilines is 6. The molecule has 0 atom stereocenters. The monoisotopic (exact) mass is 1460 g/mol. The molecule has 0 fully saturated rings. The molecule has 0 spiro atoms. The number of carbonyl (C=O) groups excluding carboxylic acids is 6. The number of alkyl halides is 18. The highest BCUT2D eigenvalue weighted by Crippen LogP contribution is 2.61. The number of carbonyl (C=O) groups is 6. The fraction of sp³-hybridized carbons (Fsp3) is 0.182. The maximum absolute atomic E-state index is 15.5. The van der Waals surface area contributed by atoms with E-state index in [1.807, 2.05) is 16.0 Å². The van der Waals surface area contributed by atoms with E-state index >= 15 is 79.0 Å². The van der Waals surface area contributed by atoms with Crippen molar-refractivity contribution >= 4 is 69.6 Å². The van der Waals surface area contributed by atoms with Gasteiger partial charge in [-0.1, -0.05) is 56.1 Å². The zero-order valence-corrected chi connectivity index (χ0v) is 51.7. The summed E-state index contributed by atoms with van der Waals surface area (Å²) in [6.07, 6.45) is -39.2. The van der Waals surface area contributed by atoms with Gasteiger partial charge in [0, 0.05) is 33.4 Å². The van der Waals surface area contributed by atoms with Crippen molar-refractivity contribution in [2.75, 3.05) is 31.9 Å². The molecule has 6 amide bonds. The van der Waals surface area contributed by atoms with Crippen molar-refractivity contribution in [2.24, 2.45) is 0 Å². The summed E-state index contributed by atoms with van der Waals surface area (Å²) in [4.78, 5) is 80.6. The third kappa shape index (κ3) is 14.3. The average Bonchev–Trinajstić information content (AvgIpc) is 0.726. The van der Waals surface area contributed by atoms with Gasteiger partial charge in [-0.15, -0.1) is 0 Å². The van der Waals surface area contributed by atoms with E-state index < -0.39 is 207 Å². The number of nitrogens with one attached hydrogen (secondary N) is 6. The molecule has 36 heteroatoms. The van der Waals surface area contributed by atoms with Crippen LogP contribution in [0.2, 0.25) is 0 Å². The van der Waals surface area contributed by atoms with Gasteiger partial charge in [-0.25, -0.2) is 0 Å². The highest BCUT2D eigenvalue weighted by Gasteiger charge is 2.75. The molecule has 0 radical (unpaired) electrons. The molecule has 0 heterocycles. The second kappa shape index (κ2) is 27.3. The maximum atomic E-state index is 15.5. The number of phenols is 6. The Kier molecular flexibility index (Phi) is 20.8. The largest absolute Gasteiger partial charge is 0.506 e. The lowest BCUT2D eigenvalue weighted by Crippen LogP contribution is -2.54. The number of rotatable bonds is 18. The van der Waals surface area contributed by atoms with Gasteiger partial charge in [-0.2, -0.15) is 79.0 Å². The third-order valence-corrected chi connectivity index (χ3v) is 15.5. The van der Waals surface area contributed by atoms with E-state index in [1.165, 1.54) is 0 Å². The summed E-state index contributed by atoms with van der Waals surface area (Å²) in [7, 11) is 0. The van der Waals surface area contributed by atoms with E-state index in [9.17, 15) is 59.4 Å². The number of aromatic hydroxyl groups is 6. The van der Waals surface area contributed by atoms with E-state index in [-0.39, 0.29) is 126 Å². The Hall–Kier alpha value is -11.9. The van der Waals surface area contributed by atoms with Crippen LogP contribution >= 0.6 is 0 Å². The minimum absolute atomic E-state index is 0.0486. The van der Waals surface area contributed by atoms with Gasteiger partial charge < -0.3 is 62.5 Å². The molecule has 0 saturated heterocycles. The predicted octanol–water partition coefficient (Wildman–Crippen LogP) is 15.5. The molecule has 0 bridgehead atoms. The third-order valence-electron chi connectivity index (χ3n) is 15.5. The Bertz CT molecular complexity index is 4110. The van der Waals surface area contributed by atoms with E-state index in [4.69, 9.17) is 0 Å². The second-order valence-electron chi connectivity index (χ2n) is 22.5. The van der Waals surface area contributed by atoms with Crippen LogP contribution in [-0.4, -0.2) is 103 Å². The Labute approximate surface area is 560 Å². The molecule has 0 aliphatic rings. The van der Waals surface area contributed by atoms with E-state index in [1.54, 1.807) is 16.0 Å². The zero-order valence-electron chi connectivity index (χ0n) is 51.7. The first-order valence-corrected chi connectivity index (χ1v) is 28.2. The molecular formula is C66H48F18N6O12. The lowest BCUT2D eigenvalue weighted by molar-refractivity contribution is -0.290. The zero-order chi connectivity index (χ0) is 76.9. The first-order valence-electron chi connectivity index (χ1n) is 28.2. The van der Waals surface area contributed by atoms with E-state index in [2.05, 4.69) is 19.7 Å². The Balaban J connectivity index is 1.43. The van der Waals surface area contributed by atoms with Crippen LogP contribution in [0.25, 0.3) is 0 Å². The highest BCUT2D eigenvalue weighted by atomic mass is 19.4. The van der Waals surface area contributed by atoms with Crippen LogP contribution in [0.15, 0.2) is 164 Å². The predicted molar refractivity (Wildman–Crippen MR) is 328 cm³/mol. The summed E-state index contributed by atoms with van der Waals surface area (Å²) >= 11 is 0.